The maximum absolute atomic E-state index is 13.5. The number of methoxy groups -OCH3 is 1. The minimum absolute atomic E-state index is 0.105. The van der Waals surface area contributed by atoms with Crippen molar-refractivity contribution in [3.8, 4) is 0 Å². The van der Waals surface area contributed by atoms with E-state index in [1.165, 1.54) is 18.2 Å². The third-order valence-corrected chi connectivity index (χ3v) is 6.34. The Balaban J connectivity index is 1.89. The summed E-state index contributed by atoms with van der Waals surface area (Å²) in [5.41, 5.74) is 0.558. The van der Waals surface area contributed by atoms with Crippen LogP contribution in [-0.4, -0.2) is 33.4 Å². The number of halogens is 1. The van der Waals surface area contributed by atoms with Crippen LogP contribution < -0.4 is 5.32 Å². The molecule has 1 aliphatic carbocycles. The van der Waals surface area contributed by atoms with Crippen LogP contribution in [0.15, 0.2) is 23.1 Å². The molecule has 2 aliphatic rings. The van der Waals surface area contributed by atoms with E-state index in [0.717, 1.165) is 19.3 Å². The summed E-state index contributed by atoms with van der Waals surface area (Å²) in [6.45, 7) is 0. The Hall–Kier alpha value is -0.980. The van der Waals surface area contributed by atoms with Crippen LogP contribution in [0.4, 0.5) is 4.39 Å². The van der Waals surface area contributed by atoms with Gasteiger partial charge in [-0.05, 0) is 49.4 Å². The van der Waals surface area contributed by atoms with E-state index >= 15 is 0 Å². The molecule has 3 unspecified atom stereocenters. The fraction of sp³-hybridized carbons (Fsp3) is 0.600. The van der Waals surface area contributed by atoms with Crippen molar-refractivity contribution in [1.29, 1.82) is 0 Å². The van der Waals surface area contributed by atoms with Gasteiger partial charge in [-0.25, -0.2) is 12.8 Å². The molecule has 1 fully saturated rings. The lowest BCUT2D eigenvalue weighted by Gasteiger charge is -2.31. The summed E-state index contributed by atoms with van der Waals surface area (Å²) in [7, 11) is -1.58. The highest BCUT2D eigenvalue weighted by Crippen LogP contribution is 2.34. The third-order valence-electron chi connectivity index (χ3n) is 4.53. The van der Waals surface area contributed by atoms with Gasteiger partial charge in [-0.1, -0.05) is 0 Å². The van der Waals surface area contributed by atoms with Crippen LogP contribution >= 0.6 is 0 Å². The van der Waals surface area contributed by atoms with Crippen LogP contribution in [-0.2, 0) is 14.6 Å². The number of sulfone groups is 1. The number of fused-ring (bicyclic) bond motifs is 1. The molecule has 4 nitrogen and oxygen atoms in total. The number of ether oxygens (including phenoxy) is 1. The zero-order valence-electron chi connectivity index (χ0n) is 12.0. The first kappa shape index (κ1) is 14.9. The maximum Gasteiger partial charge on any atom is 0.178 e. The van der Waals surface area contributed by atoms with Crippen LogP contribution in [0.1, 0.15) is 37.3 Å². The predicted octanol–water partition coefficient (Wildman–Crippen LogP) is 2.20. The zero-order valence-corrected chi connectivity index (χ0v) is 12.8. The maximum atomic E-state index is 13.5. The van der Waals surface area contributed by atoms with Gasteiger partial charge in [-0.15, -0.1) is 0 Å². The van der Waals surface area contributed by atoms with E-state index in [-0.39, 0.29) is 28.8 Å². The van der Waals surface area contributed by atoms with E-state index in [1.807, 2.05) is 0 Å². The van der Waals surface area contributed by atoms with Gasteiger partial charge in [0.1, 0.15) is 5.82 Å². The van der Waals surface area contributed by atoms with Crippen molar-refractivity contribution in [1.82, 2.24) is 5.32 Å². The van der Waals surface area contributed by atoms with Gasteiger partial charge in [0.25, 0.3) is 0 Å². The molecule has 3 rings (SSSR count). The lowest BCUT2D eigenvalue weighted by Crippen LogP contribution is -2.41. The van der Waals surface area contributed by atoms with Gasteiger partial charge in [-0.3, -0.25) is 0 Å². The van der Waals surface area contributed by atoms with Gasteiger partial charge in [-0.2, -0.15) is 0 Å². The molecule has 6 heteroatoms. The quantitative estimate of drug-likeness (QED) is 0.869. The van der Waals surface area contributed by atoms with Gasteiger partial charge in [0.15, 0.2) is 9.84 Å². The molecule has 116 valence electrons. The van der Waals surface area contributed by atoms with Crippen molar-refractivity contribution in [3.05, 3.63) is 29.6 Å². The largest absolute Gasteiger partial charge is 0.380 e. The molecule has 0 spiro atoms. The minimum atomic E-state index is -3.28. The Labute approximate surface area is 124 Å². The first-order valence-electron chi connectivity index (χ1n) is 7.32. The minimum Gasteiger partial charge on any atom is -0.380 e. The van der Waals surface area contributed by atoms with Gasteiger partial charge in [0.2, 0.25) is 0 Å². The Bertz CT molecular complexity index is 632. The van der Waals surface area contributed by atoms with E-state index in [9.17, 15) is 12.8 Å². The molecule has 3 atom stereocenters. The first-order chi connectivity index (χ1) is 10.0. The molecular weight excluding hydrogens is 293 g/mol. The second-order valence-electron chi connectivity index (χ2n) is 5.82. The third kappa shape index (κ3) is 2.84. The molecule has 1 aliphatic heterocycles. The van der Waals surface area contributed by atoms with E-state index in [4.69, 9.17) is 4.74 Å². The average molecular weight is 313 g/mol. The molecule has 1 aromatic carbocycles. The second kappa shape index (κ2) is 5.66. The Kier molecular flexibility index (Phi) is 4.03. The predicted molar refractivity (Wildman–Crippen MR) is 77.4 cm³/mol. The van der Waals surface area contributed by atoms with Crippen LogP contribution in [0.25, 0.3) is 0 Å². The van der Waals surface area contributed by atoms with Crippen LogP contribution in [0.3, 0.4) is 0 Å². The zero-order chi connectivity index (χ0) is 15.0. The SMILES string of the molecule is COC1CCCC1NC1CCS(=O)(=O)c2ccc(F)cc21. The first-order valence-corrected chi connectivity index (χ1v) is 8.97. The van der Waals surface area contributed by atoms with E-state index in [2.05, 4.69) is 5.32 Å². The fourth-order valence-corrected chi connectivity index (χ4v) is 5.05. The standard InChI is InChI=1S/C15H20FNO3S/c1-20-14-4-2-3-13(14)17-12-7-8-21(18,19)15-6-5-10(16)9-11(12)15/h5-6,9,12-14,17H,2-4,7-8H2,1H3. The van der Waals surface area contributed by atoms with Crippen molar-refractivity contribution in [3.63, 3.8) is 0 Å². The van der Waals surface area contributed by atoms with Crippen molar-refractivity contribution < 1.29 is 17.5 Å². The Morgan fingerprint density at radius 3 is 2.86 bits per heavy atom. The van der Waals surface area contributed by atoms with E-state index in [0.29, 0.717) is 12.0 Å². The molecule has 1 heterocycles. The molecule has 0 bridgehead atoms. The second-order valence-corrected chi connectivity index (χ2v) is 7.90. The summed E-state index contributed by atoms with van der Waals surface area (Å²) in [5.74, 6) is -0.291. The number of hydrogen-bond acceptors (Lipinski definition) is 4. The molecule has 0 radical (unpaired) electrons. The molecule has 0 amide bonds. The Morgan fingerprint density at radius 1 is 1.29 bits per heavy atom. The van der Waals surface area contributed by atoms with Gasteiger partial charge in [0.05, 0.1) is 16.8 Å². The highest BCUT2D eigenvalue weighted by Gasteiger charge is 2.35. The lowest BCUT2D eigenvalue weighted by atomic mass is 10.0. The van der Waals surface area contributed by atoms with E-state index < -0.39 is 15.7 Å². The molecule has 21 heavy (non-hydrogen) atoms. The normalized spacial score (nSPS) is 31.0. The fourth-order valence-electron chi connectivity index (χ4n) is 3.44. The summed E-state index contributed by atoms with van der Waals surface area (Å²) < 4.78 is 43.2. The number of benzene rings is 1. The number of nitrogens with one attached hydrogen (secondary N) is 1. The van der Waals surface area contributed by atoms with Crippen molar-refractivity contribution in [2.75, 3.05) is 12.9 Å². The molecule has 0 saturated heterocycles. The summed E-state index contributed by atoms with van der Waals surface area (Å²) in [4.78, 5) is 0.264. The van der Waals surface area contributed by atoms with E-state index in [1.54, 1.807) is 7.11 Å². The van der Waals surface area contributed by atoms with Gasteiger partial charge < -0.3 is 10.1 Å². The molecular formula is C15H20FNO3S. The number of rotatable bonds is 3. The van der Waals surface area contributed by atoms with Gasteiger partial charge >= 0.3 is 0 Å². The summed E-state index contributed by atoms with van der Waals surface area (Å²) in [6.07, 6.45) is 3.74. The monoisotopic (exact) mass is 313 g/mol. The molecule has 1 saturated carbocycles. The molecule has 1 aromatic rings. The van der Waals surface area contributed by atoms with Crippen molar-refractivity contribution >= 4 is 9.84 Å². The van der Waals surface area contributed by atoms with Crippen LogP contribution in [0, 0.1) is 5.82 Å². The highest BCUT2D eigenvalue weighted by molar-refractivity contribution is 7.91. The topological polar surface area (TPSA) is 55.4 Å². The summed E-state index contributed by atoms with van der Waals surface area (Å²) in [5, 5.41) is 3.48. The smallest absolute Gasteiger partial charge is 0.178 e. The number of hydrogen-bond donors (Lipinski definition) is 1. The summed E-state index contributed by atoms with van der Waals surface area (Å²) >= 11 is 0. The molecule has 1 N–H and O–H groups in total. The highest BCUT2D eigenvalue weighted by atomic mass is 32.2. The van der Waals surface area contributed by atoms with Crippen LogP contribution in [0.2, 0.25) is 0 Å². The molecule has 0 aromatic heterocycles. The Morgan fingerprint density at radius 2 is 2.10 bits per heavy atom. The average Bonchev–Trinajstić information content (AvgIpc) is 2.89. The van der Waals surface area contributed by atoms with Crippen molar-refractivity contribution in [2.24, 2.45) is 0 Å². The summed E-state index contributed by atoms with van der Waals surface area (Å²) in [6, 6.07) is 4.03. The van der Waals surface area contributed by atoms with Gasteiger partial charge in [0, 0.05) is 19.2 Å². The van der Waals surface area contributed by atoms with Crippen LogP contribution in [0.5, 0.6) is 0 Å². The van der Waals surface area contributed by atoms with Crippen molar-refractivity contribution in [2.45, 2.75) is 48.8 Å². The lowest BCUT2D eigenvalue weighted by molar-refractivity contribution is 0.0808.